The van der Waals surface area contributed by atoms with Crippen molar-refractivity contribution in [2.75, 3.05) is 19.8 Å². The molecule has 0 aromatic rings. The summed E-state index contributed by atoms with van der Waals surface area (Å²) in [7, 11) is 0. The standard InChI is InChI=1S/C23H32O8/c1-7-27-13-15-18-16(30-20(15)25)11-21(5)9-10-23(31-21,28-8-2)22(6,26)12-17(18)29-19(24)14(3)4/h11,17,26H,3,7-10,12-13H2,1-2,4-6H3. The summed E-state index contributed by atoms with van der Waals surface area (Å²) in [5, 5.41) is 11.6. The third-order valence-corrected chi connectivity index (χ3v) is 5.98. The Morgan fingerprint density at radius 2 is 2.00 bits per heavy atom. The molecule has 0 aromatic heterocycles. The quantitative estimate of drug-likeness (QED) is 0.480. The van der Waals surface area contributed by atoms with Gasteiger partial charge in [-0.25, -0.2) is 9.59 Å². The van der Waals surface area contributed by atoms with Crippen LogP contribution in [0.4, 0.5) is 0 Å². The van der Waals surface area contributed by atoms with Crippen LogP contribution in [0.1, 0.15) is 53.9 Å². The number of aliphatic hydroxyl groups is 1. The molecule has 4 unspecified atom stereocenters. The molecule has 8 nitrogen and oxygen atoms in total. The zero-order valence-electron chi connectivity index (χ0n) is 18.9. The predicted octanol–water partition coefficient (Wildman–Crippen LogP) is 2.70. The van der Waals surface area contributed by atoms with E-state index in [-0.39, 0.29) is 29.9 Å². The van der Waals surface area contributed by atoms with Crippen molar-refractivity contribution in [2.24, 2.45) is 0 Å². The first-order valence-corrected chi connectivity index (χ1v) is 10.7. The minimum Gasteiger partial charge on any atom is -0.454 e. The molecule has 3 heterocycles. The van der Waals surface area contributed by atoms with Crippen molar-refractivity contribution in [2.45, 2.75) is 77.0 Å². The van der Waals surface area contributed by atoms with E-state index in [4.69, 9.17) is 23.7 Å². The number of hydrogen-bond donors (Lipinski definition) is 1. The maximum Gasteiger partial charge on any atom is 0.342 e. The largest absolute Gasteiger partial charge is 0.454 e. The number of rotatable bonds is 7. The van der Waals surface area contributed by atoms with Crippen LogP contribution < -0.4 is 0 Å². The smallest absolute Gasteiger partial charge is 0.342 e. The molecule has 1 fully saturated rings. The van der Waals surface area contributed by atoms with Crippen molar-refractivity contribution >= 4 is 11.9 Å². The van der Waals surface area contributed by atoms with Gasteiger partial charge >= 0.3 is 11.9 Å². The molecule has 3 rings (SSSR count). The highest BCUT2D eigenvalue weighted by atomic mass is 16.7. The van der Waals surface area contributed by atoms with Crippen LogP contribution in [0.5, 0.6) is 0 Å². The first-order chi connectivity index (χ1) is 14.5. The summed E-state index contributed by atoms with van der Waals surface area (Å²) in [6.45, 7) is 13.0. The van der Waals surface area contributed by atoms with E-state index in [0.29, 0.717) is 31.6 Å². The van der Waals surface area contributed by atoms with E-state index in [0.717, 1.165) is 0 Å². The molecule has 3 aliphatic rings. The van der Waals surface area contributed by atoms with Gasteiger partial charge in [-0.3, -0.25) is 0 Å². The molecule has 1 N–H and O–H groups in total. The Morgan fingerprint density at radius 3 is 2.61 bits per heavy atom. The van der Waals surface area contributed by atoms with Crippen LogP contribution in [0.25, 0.3) is 0 Å². The summed E-state index contributed by atoms with van der Waals surface area (Å²) in [6.07, 6.45) is 1.63. The Balaban J connectivity index is 2.18. The maximum absolute atomic E-state index is 12.7. The van der Waals surface area contributed by atoms with E-state index < -0.39 is 35.0 Å². The number of fused-ring (bicyclic) bond motifs is 3. The summed E-state index contributed by atoms with van der Waals surface area (Å²) in [5.41, 5.74) is -1.55. The van der Waals surface area contributed by atoms with E-state index >= 15 is 0 Å². The van der Waals surface area contributed by atoms with Gasteiger partial charge < -0.3 is 28.8 Å². The predicted molar refractivity (Wildman–Crippen MR) is 111 cm³/mol. The van der Waals surface area contributed by atoms with E-state index in [1.165, 1.54) is 6.92 Å². The van der Waals surface area contributed by atoms with Gasteiger partial charge in [-0.15, -0.1) is 0 Å². The van der Waals surface area contributed by atoms with Gasteiger partial charge in [0.2, 0.25) is 0 Å². The summed E-state index contributed by atoms with van der Waals surface area (Å²) in [6, 6.07) is 0. The first kappa shape index (κ1) is 23.7. The van der Waals surface area contributed by atoms with Crippen molar-refractivity contribution < 1.29 is 38.4 Å². The molecule has 8 heteroatoms. The Bertz CT molecular complexity index is 839. The van der Waals surface area contributed by atoms with Crippen LogP contribution in [-0.2, 0) is 33.3 Å². The summed E-state index contributed by atoms with van der Waals surface area (Å²) in [5.74, 6) is -2.24. The topological polar surface area (TPSA) is 101 Å². The Labute approximate surface area is 182 Å². The van der Waals surface area contributed by atoms with Crippen molar-refractivity contribution in [3.05, 3.63) is 35.1 Å². The van der Waals surface area contributed by atoms with Gasteiger partial charge in [0.15, 0.2) is 5.79 Å². The molecule has 0 spiro atoms. The molecular weight excluding hydrogens is 404 g/mol. The molecule has 3 aliphatic heterocycles. The highest BCUT2D eigenvalue weighted by Crippen LogP contribution is 2.51. The van der Waals surface area contributed by atoms with E-state index in [9.17, 15) is 14.7 Å². The molecule has 172 valence electrons. The van der Waals surface area contributed by atoms with Crippen LogP contribution in [0, 0.1) is 0 Å². The van der Waals surface area contributed by atoms with E-state index in [1.807, 2.05) is 20.8 Å². The third-order valence-electron chi connectivity index (χ3n) is 5.98. The summed E-state index contributed by atoms with van der Waals surface area (Å²) in [4.78, 5) is 25.1. The zero-order valence-corrected chi connectivity index (χ0v) is 18.9. The molecule has 31 heavy (non-hydrogen) atoms. The molecule has 0 radical (unpaired) electrons. The van der Waals surface area contributed by atoms with Crippen LogP contribution in [0.15, 0.2) is 35.1 Å². The molecule has 2 bridgehead atoms. The molecule has 0 aliphatic carbocycles. The number of carbonyl (C=O) groups excluding carboxylic acids is 2. The number of carbonyl (C=O) groups is 2. The summed E-state index contributed by atoms with van der Waals surface area (Å²) >= 11 is 0. The second-order valence-electron chi connectivity index (χ2n) is 8.68. The van der Waals surface area contributed by atoms with Crippen molar-refractivity contribution in [1.29, 1.82) is 0 Å². The third kappa shape index (κ3) is 4.35. The average Bonchev–Trinajstić information content (AvgIpc) is 3.17. The molecule has 4 atom stereocenters. The van der Waals surface area contributed by atoms with Crippen molar-refractivity contribution in [3.8, 4) is 0 Å². The zero-order chi connectivity index (χ0) is 23.0. The minimum atomic E-state index is -1.54. The lowest BCUT2D eigenvalue weighted by atomic mass is 9.82. The molecule has 0 saturated carbocycles. The Hall–Kier alpha value is -2.00. The lowest BCUT2D eigenvalue weighted by Crippen LogP contribution is -2.56. The van der Waals surface area contributed by atoms with Crippen LogP contribution >= 0.6 is 0 Å². The second kappa shape index (κ2) is 8.50. The van der Waals surface area contributed by atoms with Gasteiger partial charge in [-0.2, -0.15) is 0 Å². The molecule has 0 amide bonds. The molecular formula is C23H32O8. The highest BCUT2D eigenvalue weighted by molar-refractivity contribution is 5.95. The Morgan fingerprint density at radius 1 is 1.29 bits per heavy atom. The van der Waals surface area contributed by atoms with Crippen molar-refractivity contribution in [3.63, 3.8) is 0 Å². The van der Waals surface area contributed by atoms with Gasteiger partial charge in [0.1, 0.15) is 17.5 Å². The van der Waals surface area contributed by atoms with Gasteiger partial charge in [0.25, 0.3) is 0 Å². The fraction of sp³-hybridized carbons (Fsp3) is 0.652. The highest BCUT2D eigenvalue weighted by Gasteiger charge is 2.60. The second-order valence-corrected chi connectivity index (χ2v) is 8.68. The van der Waals surface area contributed by atoms with Crippen LogP contribution in [-0.4, -0.2) is 60.0 Å². The fourth-order valence-corrected chi connectivity index (χ4v) is 4.36. The van der Waals surface area contributed by atoms with Gasteiger partial charge in [-0.1, -0.05) is 6.58 Å². The lowest BCUT2D eigenvalue weighted by Gasteiger charge is -2.43. The molecule has 1 saturated heterocycles. The minimum absolute atomic E-state index is 0.000550. The van der Waals surface area contributed by atoms with Gasteiger partial charge in [0, 0.05) is 37.2 Å². The number of esters is 2. The van der Waals surface area contributed by atoms with E-state index in [2.05, 4.69) is 6.58 Å². The lowest BCUT2D eigenvalue weighted by molar-refractivity contribution is -0.318. The van der Waals surface area contributed by atoms with Crippen molar-refractivity contribution in [1.82, 2.24) is 0 Å². The van der Waals surface area contributed by atoms with Crippen LogP contribution in [0.3, 0.4) is 0 Å². The normalized spacial score (nSPS) is 35.0. The van der Waals surface area contributed by atoms with Gasteiger partial charge in [-0.05, 0) is 47.1 Å². The summed E-state index contributed by atoms with van der Waals surface area (Å²) < 4.78 is 29.0. The average molecular weight is 437 g/mol. The van der Waals surface area contributed by atoms with Gasteiger partial charge in [0.05, 0.1) is 17.8 Å². The molecule has 0 aromatic carbocycles. The maximum atomic E-state index is 12.7. The Kier molecular flexibility index (Phi) is 6.49. The fourth-order valence-electron chi connectivity index (χ4n) is 4.36. The van der Waals surface area contributed by atoms with E-state index in [1.54, 1.807) is 13.0 Å². The SMILES string of the molecule is C=C(C)C(=O)OC1CC(C)(O)C2(OCC)CCC(C)(C=C3OC(=O)C(COCC)=C31)O2. The van der Waals surface area contributed by atoms with Crippen LogP contribution in [0.2, 0.25) is 0 Å². The first-order valence-electron chi connectivity index (χ1n) is 10.7. The number of ether oxygens (including phenoxy) is 5. The number of hydrogen-bond acceptors (Lipinski definition) is 8. The monoisotopic (exact) mass is 436 g/mol.